The van der Waals surface area contributed by atoms with Crippen LogP contribution in [-0.2, 0) is 6.42 Å². The lowest BCUT2D eigenvalue weighted by Gasteiger charge is -2.20. The van der Waals surface area contributed by atoms with E-state index >= 15 is 0 Å². The maximum atomic E-state index is 5.42. The van der Waals surface area contributed by atoms with Gasteiger partial charge < -0.3 is 14.8 Å². The standard InChI is InChI=1S/C16H21N3O2/c1-4-17-13(15-16(21-3)19-10-9-18-15)11-12-7-5-6-8-14(12)20-2/h5-10,13,17H,4,11H2,1-3H3. The molecule has 1 unspecified atom stereocenters. The summed E-state index contributed by atoms with van der Waals surface area (Å²) in [5.74, 6) is 1.43. The van der Waals surface area contributed by atoms with Gasteiger partial charge in [-0.05, 0) is 24.6 Å². The number of methoxy groups -OCH3 is 2. The number of likely N-dealkylation sites (N-methyl/N-ethyl adjacent to an activating group) is 1. The highest BCUT2D eigenvalue weighted by molar-refractivity contribution is 5.35. The number of nitrogens with zero attached hydrogens (tertiary/aromatic N) is 2. The molecule has 0 aliphatic heterocycles. The average molecular weight is 287 g/mol. The Morgan fingerprint density at radius 3 is 2.57 bits per heavy atom. The van der Waals surface area contributed by atoms with E-state index in [1.54, 1.807) is 26.6 Å². The number of hydrogen-bond donors (Lipinski definition) is 1. The third kappa shape index (κ3) is 3.70. The molecule has 2 aromatic rings. The minimum absolute atomic E-state index is 0.0231. The number of para-hydroxylation sites is 1. The molecule has 1 aromatic heterocycles. The second kappa shape index (κ2) is 7.59. The first-order valence-corrected chi connectivity index (χ1v) is 7.00. The van der Waals surface area contributed by atoms with Crippen LogP contribution in [0.2, 0.25) is 0 Å². The van der Waals surface area contributed by atoms with Crippen LogP contribution in [0.4, 0.5) is 0 Å². The topological polar surface area (TPSA) is 56.3 Å². The summed E-state index contributed by atoms with van der Waals surface area (Å²) in [6.07, 6.45) is 4.08. The van der Waals surface area contributed by atoms with Crippen molar-refractivity contribution in [3.63, 3.8) is 0 Å². The van der Waals surface area contributed by atoms with E-state index in [-0.39, 0.29) is 6.04 Å². The van der Waals surface area contributed by atoms with Crippen LogP contribution < -0.4 is 14.8 Å². The average Bonchev–Trinajstić information content (AvgIpc) is 2.55. The highest BCUT2D eigenvalue weighted by atomic mass is 16.5. The Hall–Kier alpha value is -2.14. The van der Waals surface area contributed by atoms with E-state index < -0.39 is 0 Å². The predicted molar refractivity (Wildman–Crippen MR) is 81.7 cm³/mol. The van der Waals surface area contributed by atoms with Crippen LogP contribution >= 0.6 is 0 Å². The molecular formula is C16H21N3O2. The Labute approximate surface area is 125 Å². The summed E-state index contributed by atoms with van der Waals surface area (Å²) in [4.78, 5) is 8.66. The molecule has 1 heterocycles. The summed E-state index contributed by atoms with van der Waals surface area (Å²) in [6, 6.07) is 8.02. The summed E-state index contributed by atoms with van der Waals surface area (Å²) < 4.78 is 10.7. The van der Waals surface area contributed by atoms with E-state index in [0.29, 0.717) is 5.88 Å². The van der Waals surface area contributed by atoms with E-state index in [1.165, 1.54) is 0 Å². The molecule has 0 aliphatic rings. The number of benzene rings is 1. The molecule has 2 rings (SSSR count). The summed E-state index contributed by atoms with van der Waals surface area (Å²) in [7, 11) is 3.30. The lowest BCUT2D eigenvalue weighted by atomic mass is 10.0. The Kier molecular flexibility index (Phi) is 5.51. The monoisotopic (exact) mass is 287 g/mol. The number of rotatable bonds is 7. The molecule has 21 heavy (non-hydrogen) atoms. The largest absolute Gasteiger partial charge is 0.496 e. The van der Waals surface area contributed by atoms with Crippen molar-refractivity contribution < 1.29 is 9.47 Å². The highest BCUT2D eigenvalue weighted by Crippen LogP contribution is 2.27. The molecule has 1 atom stereocenters. The number of nitrogens with one attached hydrogen (secondary N) is 1. The molecule has 0 fully saturated rings. The number of ether oxygens (including phenoxy) is 2. The van der Waals surface area contributed by atoms with Crippen LogP contribution in [-0.4, -0.2) is 30.7 Å². The van der Waals surface area contributed by atoms with Crippen LogP contribution in [0.25, 0.3) is 0 Å². The minimum Gasteiger partial charge on any atom is -0.496 e. The van der Waals surface area contributed by atoms with Gasteiger partial charge in [-0.25, -0.2) is 4.98 Å². The zero-order valence-corrected chi connectivity index (χ0v) is 12.7. The maximum Gasteiger partial charge on any atom is 0.237 e. The van der Waals surface area contributed by atoms with Crippen LogP contribution in [0.15, 0.2) is 36.7 Å². The van der Waals surface area contributed by atoms with Gasteiger partial charge >= 0.3 is 0 Å². The van der Waals surface area contributed by atoms with E-state index in [2.05, 4.69) is 28.3 Å². The number of aromatic nitrogens is 2. The molecule has 0 aliphatic carbocycles. The quantitative estimate of drug-likeness (QED) is 0.847. The van der Waals surface area contributed by atoms with E-state index in [0.717, 1.165) is 30.0 Å². The SMILES string of the molecule is CCNC(Cc1ccccc1OC)c1nccnc1OC. The lowest BCUT2D eigenvalue weighted by Crippen LogP contribution is -2.25. The first kappa shape index (κ1) is 15.3. The fraction of sp³-hybridized carbons (Fsp3) is 0.375. The van der Waals surface area contributed by atoms with Gasteiger partial charge in [-0.2, -0.15) is 0 Å². The maximum absolute atomic E-state index is 5.42. The van der Waals surface area contributed by atoms with E-state index in [1.807, 2.05) is 18.2 Å². The molecule has 1 N–H and O–H groups in total. The van der Waals surface area contributed by atoms with Crippen molar-refractivity contribution in [3.8, 4) is 11.6 Å². The Morgan fingerprint density at radius 1 is 1.10 bits per heavy atom. The zero-order valence-electron chi connectivity index (χ0n) is 12.7. The Morgan fingerprint density at radius 2 is 1.86 bits per heavy atom. The van der Waals surface area contributed by atoms with Crippen molar-refractivity contribution in [3.05, 3.63) is 47.9 Å². The molecule has 112 valence electrons. The summed E-state index contributed by atoms with van der Waals surface area (Å²) in [5.41, 5.74) is 1.94. The summed E-state index contributed by atoms with van der Waals surface area (Å²) >= 11 is 0. The Bertz CT molecular complexity index is 575. The number of hydrogen-bond acceptors (Lipinski definition) is 5. The van der Waals surface area contributed by atoms with Gasteiger partial charge in [0, 0.05) is 12.4 Å². The van der Waals surface area contributed by atoms with Gasteiger partial charge in [0.25, 0.3) is 0 Å². The lowest BCUT2D eigenvalue weighted by molar-refractivity contribution is 0.374. The van der Waals surface area contributed by atoms with Gasteiger partial charge in [0.15, 0.2) is 0 Å². The molecule has 0 saturated carbocycles. The smallest absolute Gasteiger partial charge is 0.237 e. The van der Waals surface area contributed by atoms with Crippen molar-refractivity contribution in [1.29, 1.82) is 0 Å². The second-order valence-electron chi connectivity index (χ2n) is 4.58. The third-order valence-electron chi connectivity index (χ3n) is 3.28. The van der Waals surface area contributed by atoms with Gasteiger partial charge in [0.1, 0.15) is 11.4 Å². The van der Waals surface area contributed by atoms with Crippen molar-refractivity contribution in [2.75, 3.05) is 20.8 Å². The van der Waals surface area contributed by atoms with Crippen molar-refractivity contribution >= 4 is 0 Å². The molecule has 0 saturated heterocycles. The molecule has 1 aromatic carbocycles. The van der Waals surface area contributed by atoms with E-state index in [9.17, 15) is 0 Å². The predicted octanol–water partition coefficient (Wildman–Crippen LogP) is 2.39. The molecule has 5 nitrogen and oxygen atoms in total. The molecule has 0 bridgehead atoms. The molecule has 0 radical (unpaired) electrons. The van der Waals surface area contributed by atoms with Gasteiger partial charge in [-0.1, -0.05) is 25.1 Å². The van der Waals surface area contributed by atoms with Crippen molar-refractivity contribution in [2.24, 2.45) is 0 Å². The highest BCUT2D eigenvalue weighted by Gasteiger charge is 2.19. The van der Waals surface area contributed by atoms with Gasteiger partial charge in [-0.15, -0.1) is 0 Å². The molecule has 0 spiro atoms. The molecular weight excluding hydrogens is 266 g/mol. The van der Waals surface area contributed by atoms with E-state index in [4.69, 9.17) is 9.47 Å². The summed E-state index contributed by atoms with van der Waals surface area (Å²) in [6.45, 7) is 2.90. The van der Waals surface area contributed by atoms with Gasteiger partial charge in [0.05, 0.1) is 20.3 Å². The normalized spacial score (nSPS) is 12.0. The summed E-state index contributed by atoms with van der Waals surface area (Å²) in [5, 5.41) is 3.44. The second-order valence-corrected chi connectivity index (χ2v) is 4.58. The first-order chi connectivity index (χ1) is 10.3. The van der Waals surface area contributed by atoms with Crippen LogP contribution in [0.5, 0.6) is 11.6 Å². The van der Waals surface area contributed by atoms with Gasteiger partial charge in [0.2, 0.25) is 5.88 Å². The van der Waals surface area contributed by atoms with Crippen LogP contribution in [0.3, 0.4) is 0 Å². The van der Waals surface area contributed by atoms with Crippen molar-refractivity contribution in [1.82, 2.24) is 15.3 Å². The van der Waals surface area contributed by atoms with Crippen LogP contribution in [0, 0.1) is 0 Å². The molecule has 0 amide bonds. The van der Waals surface area contributed by atoms with Crippen molar-refractivity contribution in [2.45, 2.75) is 19.4 Å². The van der Waals surface area contributed by atoms with Crippen LogP contribution in [0.1, 0.15) is 24.2 Å². The first-order valence-electron chi connectivity index (χ1n) is 7.00. The third-order valence-corrected chi connectivity index (χ3v) is 3.28. The Balaban J connectivity index is 2.31. The molecule has 5 heteroatoms. The minimum atomic E-state index is 0.0231. The van der Waals surface area contributed by atoms with Gasteiger partial charge in [-0.3, -0.25) is 4.98 Å². The fourth-order valence-electron chi connectivity index (χ4n) is 2.34. The zero-order chi connectivity index (χ0) is 15.1. The fourth-order valence-corrected chi connectivity index (χ4v) is 2.34.